The number of nitrogens with zero attached hydrogens (tertiary/aromatic N) is 1. The van der Waals surface area contributed by atoms with Crippen molar-refractivity contribution >= 4 is 11.8 Å². The average molecular weight is 402 g/mol. The van der Waals surface area contributed by atoms with Crippen molar-refractivity contribution in [1.82, 2.24) is 10.2 Å². The molecule has 1 fully saturated rings. The minimum absolute atomic E-state index is 0.0446. The molecule has 7 heteroatoms. The lowest BCUT2D eigenvalue weighted by molar-refractivity contribution is -0.136. The molecular weight excluding hydrogens is 370 g/mol. The standard InChI is InChI=1S/C22H31N3O4/c1-16(24-22(27)20(21(23)26)18-10-6-3-7-11-18)12-25(19-14-28-15-29-19)13-17-8-4-2-5-9-17/h2,4-5,8-9,14,16,18,20H,3,6-7,10-13,15H2,1H3,(H2,23,26)(H,24,27)/t16-,20-/m0/s1. The summed E-state index contributed by atoms with van der Waals surface area (Å²) in [4.78, 5) is 26.9. The summed E-state index contributed by atoms with van der Waals surface area (Å²) in [5.41, 5.74) is 6.72. The maximum absolute atomic E-state index is 12.9. The highest BCUT2D eigenvalue weighted by Gasteiger charge is 2.34. The third kappa shape index (κ3) is 5.89. The highest BCUT2D eigenvalue weighted by molar-refractivity contribution is 6.00. The monoisotopic (exact) mass is 401 g/mol. The summed E-state index contributed by atoms with van der Waals surface area (Å²) >= 11 is 0. The number of rotatable bonds is 9. The molecule has 0 unspecified atom stereocenters. The average Bonchev–Trinajstić information content (AvgIpc) is 3.23. The van der Waals surface area contributed by atoms with Gasteiger partial charge in [-0.05, 0) is 31.2 Å². The van der Waals surface area contributed by atoms with E-state index in [0.717, 1.165) is 37.7 Å². The highest BCUT2D eigenvalue weighted by atomic mass is 16.7. The Balaban J connectivity index is 1.62. The molecule has 1 aromatic carbocycles. The fraction of sp³-hybridized carbons (Fsp3) is 0.545. The van der Waals surface area contributed by atoms with Gasteiger partial charge in [0.25, 0.3) is 0 Å². The second-order valence-corrected chi connectivity index (χ2v) is 7.94. The normalized spacial score (nSPS) is 18.7. The lowest BCUT2D eigenvalue weighted by Gasteiger charge is -2.30. The van der Waals surface area contributed by atoms with E-state index in [4.69, 9.17) is 15.2 Å². The number of nitrogens with one attached hydrogen (secondary N) is 1. The van der Waals surface area contributed by atoms with Crippen LogP contribution in [0.4, 0.5) is 0 Å². The van der Waals surface area contributed by atoms with E-state index in [2.05, 4.69) is 5.32 Å². The summed E-state index contributed by atoms with van der Waals surface area (Å²) < 4.78 is 10.8. The number of carbonyl (C=O) groups is 2. The first-order valence-electron chi connectivity index (χ1n) is 10.4. The van der Waals surface area contributed by atoms with E-state index in [1.807, 2.05) is 42.2 Å². The molecule has 0 aromatic heterocycles. The summed E-state index contributed by atoms with van der Waals surface area (Å²) in [6, 6.07) is 9.83. The molecule has 158 valence electrons. The Morgan fingerprint density at radius 3 is 2.55 bits per heavy atom. The van der Waals surface area contributed by atoms with Crippen LogP contribution in [-0.2, 0) is 25.6 Å². The summed E-state index contributed by atoms with van der Waals surface area (Å²) in [6.45, 7) is 3.25. The zero-order valence-electron chi connectivity index (χ0n) is 17.0. The van der Waals surface area contributed by atoms with Gasteiger partial charge in [0, 0.05) is 19.1 Å². The van der Waals surface area contributed by atoms with E-state index in [1.165, 1.54) is 0 Å². The van der Waals surface area contributed by atoms with Crippen LogP contribution in [0.1, 0.15) is 44.6 Å². The number of ether oxygens (including phenoxy) is 2. The van der Waals surface area contributed by atoms with Crippen LogP contribution in [0.3, 0.4) is 0 Å². The first-order valence-corrected chi connectivity index (χ1v) is 10.4. The first kappa shape index (κ1) is 21.0. The molecule has 2 aliphatic rings. The van der Waals surface area contributed by atoms with Crippen LogP contribution in [-0.4, -0.2) is 36.1 Å². The highest BCUT2D eigenvalue weighted by Crippen LogP contribution is 2.30. The minimum atomic E-state index is -0.759. The molecule has 1 aromatic rings. The number of hydrogen-bond acceptors (Lipinski definition) is 5. The van der Waals surface area contributed by atoms with Crippen molar-refractivity contribution in [2.75, 3.05) is 13.3 Å². The van der Waals surface area contributed by atoms with Crippen molar-refractivity contribution < 1.29 is 19.1 Å². The van der Waals surface area contributed by atoms with Gasteiger partial charge in [-0.15, -0.1) is 0 Å². The Morgan fingerprint density at radius 2 is 1.93 bits per heavy atom. The zero-order chi connectivity index (χ0) is 20.6. The van der Waals surface area contributed by atoms with Crippen molar-refractivity contribution in [2.24, 2.45) is 17.6 Å². The Labute approximate surface area is 172 Å². The van der Waals surface area contributed by atoms with Gasteiger partial charge in [-0.2, -0.15) is 0 Å². The molecule has 7 nitrogen and oxygen atoms in total. The van der Waals surface area contributed by atoms with Crippen LogP contribution in [0.2, 0.25) is 0 Å². The van der Waals surface area contributed by atoms with Crippen LogP contribution in [0.5, 0.6) is 0 Å². The third-order valence-corrected chi connectivity index (χ3v) is 5.58. The number of hydrogen-bond donors (Lipinski definition) is 2. The Kier molecular flexibility index (Phi) is 7.38. The van der Waals surface area contributed by atoms with E-state index < -0.39 is 11.8 Å². The molecule has 1 aliphatic heterocycles. The molecule has 1 heterocycles. The van der Waals surface area contributed by atoms with Gasteiger partial charge in [0.15, 0.2) is 0 Å². The van der Waals surface area contributed by atoms with Crippen LogP contribution in [0, 0.1) is 11.8 Å². The van der Waals surface area contributed by atoms with E-state index in [1.54, 1.807) is 6.26 Å². The number of carbonyl (C=O) groups excluding carboxylic acids is 2. The maximum Gasteiger partial charge on any atom is 0.233 e. The van der Waals surface area contributed by atoms with Gasteiger partial charge >= 0.3 is 0 Å². The Hall–Kier alpha value is -2.70. The Morgan fingerprint density at radius 1 is 1.21 bits per heavy atom. The van der Waals surface area contributed by atoms with Gasteiger partial charge < -0.3 is 25.4 Å². The van der Waals surface area contributed by atoms with E-state index >= 15 is 0 Å². The van der Waals surface area contributed by atoms with Crippen LogP contribution in [0.25, 0.3) is 0 Å². The molecule has 1 aliphatic carbocycles. The van der Waals surface area contributed by atoms with Crippen molar-refractivity contribution in [2.45, 2.75) is 51.6 Å². The van der Waals surface area contributed by atoms with E-state index in [-0.39, 0.29) is 24.7 Å². The van der Waals surface area contributed by atoms with Gasteiger partial charge in [-0.25, -0.2) is 0 Å². The van der Waals surface area contributed by atoms with Crippen LogP contribution < -0.4 is 11.1 Å². The minimum Gasteiger partial charge on any atom is -0.459 e. The largest absolute Gasteiger partial charge is 0.459 e. The van der Waals surface area contributed by atoms with Crippen LogP contribution >= 0.6 is 0 Å². The third-order valence-electron chi connectivity index (χ3n) is 5.58. The van der Waals surface area contributed by atoms with E-state index in [9.17, 15) is 9.59 Å². The fourth-order valence-electron chi connectivity index (χ4n) is 4.19. The second kappa shape index (κ2) is 10.2. The van der Waals surface area contributed by atoms with Gasteiger partial charge in [-0.3, -0.25) is 9.59 Å². The summed E-state index contributed by atoms with van der Waals surface area (Å²) in [5, 5.41) is 2.99. The van der Waals surface area contributed by atoms with Crippen LogP contribution in [0.15, 0.2) is 42.5 Å². The number of primary amides is 1. The molecule has 0 spiro atoms. The fourth-order valence-corrected chi connectivity index (χ4v) is 4.19. The SMILES string of the molecule is C[C@@H](CN(Cc1ccccc1)C1=COCO1)NC(=O)[C@H](C(N)=O)C1CCCCC1. The predicted molar refractivity (Wildman–Crippen MR) is 109 cm³/mol. The van der Waals surface area contributed by atoms with Gasteiger partial charge in [0.1, 0.15) is 12.2 Å². The molecule has 0 radical (unpaired) electrons. The summed E-state index contributed by atoms with van der Waals surface area (Å²) in [7, 11) is 0. The molecule has 3 rings (SSSR count). The van der Waals surface area contributed by atoms with Crippen molar-refractivity contribution in [3.63, 3.8) is 0 Å². The summed E-state index contributed by atoms with van der Waals surface area (Å²) in [5.74, 6) is -0.880. The molecule has 3 N–H and O–H groups in total. The number of amides is 2. The van der Waals surface area contributed by atoms with Crippen molar-refractivity contribution in [3.8, 4) is 0 Å². The van der Waals surface area contributed by atoms with E-state index in [0.29, 0.717) is 19.0 Å². The van der Waals surface area contributed by atoms with Crippen molar-refractivity contribution in [1.29, 1.82) is 0 Å². The smallest absolute Gasteiger partial charge is 0.233 e. The maximum atomic E-state index is 12.9. The number of benzene rings is 1. The Bertz CT molecular complexity index is 716. The van der Waals surface area contributed by atoms with Gasteiger partial charge in [0.05, 0.1) is 0 Å². The molecule has 2 atom stereocenters. The molecule has 29 heavy (non-hydrogen) atoms. The first-order chi connectivity index (χ1) is 14.0. The lowest BCUT2D eigenvalue weighted by atomic mass is 9.79. The van der Waals surface area contributed by atoms with Gasteiger partial charge in [0.2, 0.25) is 24.5 Å². The zero-order valence-corrected chi connectivity index (χ0v) is 17.0. The molecular formula is C22H31N3O4. The molecule has 0 bridgehead atoms. The quantitative estimate of drug-likeness (QED) is 0.620. The molecule has 0 saturated heterocycles. The summed E-state index contributed by atoms with van der Waals surface area (Å²) in [6.07, 6.45) is 6.61. The second-order valence-electron chi connectivity index (χ2n) is 7.94. The lowest BCUT2D eigenvalue weighted by Crippen LogP contribution is -2.49. The van der Waals surface area contributed by atoms with Crippen molar-refractivity contribution in [3.05, 3.63) is 48.0 Å². The number of nitrogens with two attached hydrogens (primary N) is 1. The predicted octanol–water partition coefficient (Wildman–Crippen LogP) is 2.48. The molecule has 1 saturated carbocycles. The topological polar surface area (TPSA) is 93.9 Å². The molecule has 2 amide bonds. The van der Waals surface area contributed by atoms with Gasteiger partial charge in [-0.1, -0.05) is 49.6 Å².